The highest BCUT2D eigenvalue weighted by Gasteiger charge is 2.06. The van der Waals surface area contributed by atoms with Crippen LogP contribution in [-0.4, -0.2) is 42.6 Å². The molecule has 84 valence electrons. The van der Waals surface area contributed by atoms with Crippen LogP contribution in [0.4, 0.5) is 4.39 Å². The van der Waals surface area contributed by atoms with E-state index in [1.807, 2.05) is 0 Å². The highest BCUT2D eigenvalue weighted by Crippen LogP contribution is 2.01. The van der Waals surface area contributed by atoms with Gasteiger partial charge in [0.25, 0.3) is 0 Å². The Hall–Kier alpha value is -1.44. The molecule has 0 amide bonds. The molecule has 1 aromatic heterocycles. The van der Waals surface area contributed by atoms with Gasteiger partial charge in [-0.1, -0.05) is 11.8 Å². The van der Waals surface area contributed by atoms with E-state index in [4.69, 9.17) is 0 Å². The lowest BCUT2D eigenvalue weighted by atomic mass is 10.2. The first-order valence-corrected chi connectivity index (χ1v) is 5.38. The molecule has 0 spiro atoms. The van der Waals surface area contributed by atoms with E-state index in [9.17, 15) is 4.39 Å². The van der Waals surface area contributed by atoms with Gasteiger partial charge < -0.3 is 5.32 Å². The minimum Gasteiger partial charge on any atom is -0.314 e. The third-order valence-corrected chi connectivity index (χ3v) is 2.51. The number of hydrogen-bond acceptors (Lipinski definition) is 3. The molecule has 0 saturated carbocycles. The van der Waals surface area contributed by atoms with Crippen LogP contribution in [-0.2, 0) is 0 Å². The zero-order chi connectivity index (χ0) is 11.2. The smallest absolute Gasteiger partial charge is 0.157 e. The second-order valence-electron chi connectivity index (χ2n) is 3.68. The van der Waals surface area contributed by atoms with E-state index in [1.165, 1.54) is 6.20 Å². The zero-order valence-electron chi connectivity index (χ0n) is 9.04. The standard InChI is InChI=1S/C12H14FN3/c13-12-10-15-4-3-11(12)2-1-7-16-8-5-14-6-9-16/h3-4,10,14H,5-9H2. The largest absolute Gasteiger partial charge is 0.314 e. The third kappa shape index (κ3) is 3.02. The minimum absolute atomic E-state index is 0.352. The molecule has 16 heavy (non-hydrogen) atoms. The summed E-state index contributed by atoms with van der Waals surface area (Å²) in [7, 11) is 0. The zero-order valence-corrected chi connectivity index (χ0v) is 9.04. The van der Waals surface area contributed by atoms with Gasteiger partial charge in [-0.15, -0.1) is 0 Å². The topological polar surface area (TPSA) is 28.2 Å². The van der Waals surface area contributed by atoms with Gasteiger partial charge >= 0.3 is 0 Å². The Kier molecular flexibility index (Phi) is 3.86. The Labute approximate surface area is 94.7 Å². The minimum atomic E-state index is -0.352. The second kappa shape index (κ2) is 5.59. The molecular weight excluding hydrogens is 205 g/mol. The van der Waals surface area contributed by atoms with Gasteiger partial charge in [0, 0.05) is 32.4 Å². The molecule has 0 bridgehead atoms. The maximum absolute atomic E-state index is 13.2. The number of hydrogen-bond donors (Lipinski definition) is 1. The number of rotatable bonds is 1. The van der Waals surface area contributed by atoms with Crippen LogP contribution in [0.15, 0.2) is 18.5 Å². The number of halogens is 1. The molecule has 1 N–H and O–H groups in total. The molecule has 4 heteroatoms. The fourth-order valence-electron chi connectivity index (χ4n) is 1.59. The van der Waals surface area contributed by atoms with Crippen LogP contribution in [0, 0.1) is 17.7 Å². The van der Waals surface area contributed by atoms with E-state index in [1.54, 1.807) is 12.3 Å². The van der Waals surface area contributed by atoms with E-state index in [2.05, 4.69) is 27.0 Å². The number of aromatic nitrogens is 1. The molecule has 0 aromatic carbocycles. The summed E-state index contributed by atoms with van der Waals surface area (Å²) >= 11 is 0. The van der Waals surface area contributed by atoms with Gasteiger partial charge in [0.2, 0.25) is 0 Å². The monoisotopic (exact) mass is 219 g/mol. The van der Waals surface area contributed by atoms with Gasteiger partial charge in [0.05, 0.1) is 18.3 Å². The van der Waals surface area contributed by atoms with Crippen LogP contribution in [0.1, 0.15) is 5.56 Å². The molecule has 1 saturated heterocycles. The molecule has 1 fully saturated rings. The summed E-state index contributed by atoms with van der Waals surface area (Å²) in [5, 5.41) is 3.27. The van der Waals surface area contributed by atoms with Gasteiger partial charge in [-0.25, -0.2) is 4.39 Å². The number of nitrogens with zero attached hydrogens (tertiary/aromatic N) is 2. The highest BCUT2D eigenvalue weighted by molar-refractivity contribution is 5.33. The lowest BCUT2D eigenvalue weighted by Crippen LogP contribution is -2.43. The normalized spacial score (nSPS) is 16.6. The number of piperazine rings is 1. The van der Waals surface area contributed by atoms with E-state index < -0.39 is 0 Å². The summed E-state index contributed by atoms with van der Waals surface area (Å²) in [5.74, 6) is 5.47. The first kappa shape index (κ1) is 11.1. The van der Waals surface area contributed by atoms with Crippen LogP contribution in [0.5, 0.6) is 0 Å². The van der Waals surface area contributed by atoms with Crippen molar-refractivity contribution in [3.63, 3.8) is 0 Å². The van der Waals surface area contributed by atoms with Crippen molar-refractivity contribution in [3.8, 4) is 11.8 Å². The van der Waals surface area contributed by atoms with E-state index in [-0.39, 0.29) is 5.82 Å². The Morgan fingerprint density at radius 2 is 2.25 bits per heavy atom. The van der Waals surface area contributed by atoms with E-state index >= 15 is 0 Å². The molecule has 3 nitrogen and oxygen atoms in total. The predicted molar refractivity (Wildman–Crippen MR) is 60.4 cm³/mol. The summed E-state index contributed by atoms with van der Waals surface area (Å²) in [6.45, 7) is 4.72. The Morgan fingerprint density at radius 1 is 1.44 bits per heavy atom. The van der Waals surface area contributed by atoms with Crippen molar-refractivity contribution in [1.29, 1.82) is 0 Å². The summed E-state index contributed by atoms with van der Waals surface area (Å²) in [6, 6.07) is 1.60. The second-order valence-corrected chi connectivity index (χ2v) is 3.68. The van der Waals surface area contributed by atoms with Crippen LogP contribution < -0.4 is 5.32 Å². The molecule has 0 radical (unpaired) electrons. The van der Waals surface area contributed by atoms with Crippen molar-refractivity contribution in [2.45, 2.75) is 0 Å². The average Bonchev–Trinajstić information content (AvgIpc) is 2.33. The van der Waals surface area contributed by atoms with Crippen LogP contribution in [0.25, 0.3) is 0 Å². The predicted octanol–water partition coefficient (Wildman–Crippen LogP) is 0.477. The van der Waals surface area contributed by atoms with Crippen molar-refractivity contribution in [1.82, 2.24) is 15.2 Å². The molecular formula is C12H14FN3. The Balaban J connectivity index is 1.92. The SMILES string of the molecule is Fc1cnccc1C#CCN1CCNCC1. The third-order valence-electron chi connectivity index (χ3n) is 2.51. The summed E-state index contributed by atoms with van der Waals surface area (Å²) in [4.78, 5) is 5.93. The summed E-state index contributed by atoms with van der Waals surface area (Å²) in [6.07, 6.45) is 2.74. The Morgan fingerprint density at radius 3 is 3.00 bits per heavy atom. The van der Waals surface area contributed by atoms with Crippen LogP contribution in [0.3, 0.4) is 0 Å². The average molecular weight is 219 g/mol. The fourth-order valence-corrected chi connectivity index (χ4v) is 1.59. The van der Waals surface area contributed by atoms with Crippen molar-refractivity contribution >= 4 is 0 Å². The molecule has 0 unspecified atom stereocenters. The molecule has 1 aromatic rings. The van der Waals surface area contributed by atoms with Crippen LogP contribution in [0.2, 0.25) is 0 Å². The molecule has 2 heterocycles. The van der Waals surface area contributed by atoms with Crippen molar-refractivity contribution < 1.29 is 4.39 Å². The molecule has 1 aliphatic heterocycles. The van der Waals surface area contributed by atoms with Crippen molar-refractivity contribution in [2.75, 3.05) is 32.7 Å². The summed E-state index contributed by atoms with van der Waals surface area (Å²) < 4.78 is 13.2. The maximum atomic E-state index is 13.2. The molecule has 1 aliphatic rings. The quantitative estimate of drug-likeness (QED) is 0.696. The van der Waals surface area contributed by atoms with Crippen molar-refractivity contribution in [2.24, 2.45) is 0 Å². The number of nitrogens with one attached hydrogen (secondary N) is 1. The molecule has 0 aliphatic carbocycles. The van der Waals surface area contributed by atoms with Gasteiger partial charge in [-0.2, -0.15) is 0 Å². The van der Waals surface area contributed by atoms with Gasteiger partial charge in [-0.3, -0.25) is 9.88 Å². The maximum Gasteiger partial charge on any atom is 0.157 e. The lowest BCUT2D eigenvalue weighted by Gasteiger charge is -2.24. The van der Waals surface area contributed by atoms with Gasteiger partial charge in [0.1, 0.15) is 0 Å². The number of pyridine rings is 1. The summed E-state index contributed by atoms with van der Waals surface area (Å²) in [5.41, 5.74) is 0.421. The van der Waals surface area contributed by atoms with Gasteiger partial charge in [0.15, 0.2) is 5.82 Å². The Bertz CT molecular complexity index is 402. The fraction of sp³-hybridized carbons (Fsp3) is 0.417. The van der Waals surface area contributed by atoms with E-state index in [0.717, 1.165) is 26.2 Å². The van der Waals surface area contributed by atoms with Crippen LogP contribution >= 0.6 is 0 Å². The van der Waals surface area contributed by atoms with E-state index in [0.29, 0.717) is 12.1 Å². The highest BCUT2D eigenvalue weighted by atomic mass is 19.1. The lowest BCUT2D eigenvalue weighted by molar-refractivity contribution is 0.268. The van der Waals surface area contributed by atoms with Crippen molar-refractivity contribution in [3.05, 3.63) is 29.8 Å². The first-order chi connectivity index (χ1) is 7.86. The first-order valence-electron chi connectivity index (χ1n) is 5.38. The van der Waals surface area contributed by atoms with Gasteiger partial charge in [-0.05, 0) is 6.07 Å². The molecule has 0 atom stereocenters. The molecule has 2 rings (SSSR count).